The Hall–Kier alpha value is -2.82. The SMILES string of the molecule is COc1ccc(C=CC(=O)OCc2ccc(F)cc2)cc1OC. The zero-order chi connectivity index (χ0) is 16.7. The summed E-state index contributed by atoms with van der Waals surface area (Å²) in [6.07, 6.45) is 2.94. The number of halogens is 1. The largest absolute Gasteiger partial charge is 0.493 e. The van der Waals surface area contributed by atoms with Gasteiger partial charge in [-0.15, -0.1) is 0 Å². The van der Waals surface area contributed by atoms with E-state index in [0.717, 1.165) is 11.1 Å². The summed E-state index contributed by atoms with van der Waals surface area (Å²) < 4.78 is 28.2. The molecule has 120 valence electrons. The van der Waals surface area contributed by atoms with Crippen molar-refractivity contribution in [1.29, 1.82) is 0 Å². The van der Waals surface area contributed by atoms with Gasteiger partial charge in [0.05, 0.1) is 14.2 Å². The van der Waals surface area contributed by atoms with Crippen molar-refractivity contribution < 1.29 is 23.4 Å². The minimum atomic E-state index is -0.482. The van der Waals surface area contributed by atoms with E-state index in [1.807, 2.05) is 0 Å². The normalized spacial score (nSPS) is 10.6. The Morgan fingerprint density at radius 1 is 1.04 bits per heavy atom. The van der Waals surface area contributed by atoms with Crippen molar-refractivity contribution in [2.24, 2.45) is 0 Å². The third kappa shape index (κ3) is 4.85. The maximum atomic E-state index is 12.8. The highest BCUT2D eigenvalue weighted by Crippen LogP contribution is 2.27. The first-order chi connectivity index (χ1) is 11.1. The van der Waals surface area contributed by atoms with Gasteiger partial charge in [0.15, 0.2) is 11.5 Å². The number of esters is 1. The summed E-state index contributed by atoms with van der Waals surface area (Å²) in [4.78, 5) is 11.7. The number of benzene rings is 2. The van der Waals surface area contributed by atoms with Gasteiger partial charge in [0.25, 0.3) is 0 Å². The lowest BCUT2D eigenvalue weighted by Crippen LogP contribution is -2.00. The van der Waals surface area contributed by atoms with Crippen LogP contribution in [-0.4, -0.2) is 20.2 Å². The number of hydrogen-bond acceptors (Lipinski definition) is 4. The van der Waals surface area contributed by atoms with Gasteiger partial charge in [-0.1, -0.05) is 18.2 Å². The van der Waals surface area contributed by atoms with Gasteiger partial charge in [-0.2, -0.15) is 0 Å². The van der Waals surface area contributed by atoms with Crippen LogP contribution in [0.3, 0.4) is 0 Å². The van der Waals surface area contributed by atoms with Crippen LogP contribution >= 0.6 is 0 Å². The average Bonchev–Trinajstić information content (AvgIpc) is 2.59. The lowest BCUT2D eigenvalue weighted by atomic mass is 10.2. The van der Waals surface area contributed by atoms with Crippen LogP contribution in [0.25, 0.3) is 6.08 Å². The van der Waals surface area contributed by atoms with E-state index in [1.165, 1.54) is 18.2 Å². The van der Waals surface area contributed by atoms with Crippen molar-refractivity contribution in [3.63, 3.8) is 0 Å². The molecule has 0 atom stereocenters. The average molecular weight is 316 g/mol. The standard InChI is InChI=1S/C18H17FO4/c1-21-16-9-5-13(11-17(16)22-2)6-10-18(20)23-12-14-3-7-15(19)8-4-14/h3-11H,12H2,1-2H3. The van der Waals surface area contributed by atoms with Crippen LogP contribution in [0.1, 0.15) is 11.1 Å². The molecule has 0 amide bonds. The molecule has 0 aliphatic carbocycles. The Bertz CT molecular complexity index is 693. The van der Waals surface area contributed by atoms with Crippen molar-refractivity contribution in [3.05, 3.63) is 65.5 Å². The predicted molar refractivity (Wildman–Crippen MR) is 84.8 cm³/mol. The molecule has 0 saturated heterocycles. The van der Waals surface area contributed by atoms with Crippen molar-refractivity contribution >= 4 is 12.0 Å². The first kappa shape index (κ1) is 16.5. The molecule has 4 nitrogen and oxygen atoms in total. The van der Waals surface area contributed by atoms with Crippen LogP contribution in [0.2, 0.25) is 0 Å². The molecule has 0 aliphatic heterocycles. The Morgan fingerprint density at radius 2 is 1.74 bits per heavy atom. The third-order valence-corrected chi connectivity index (χ3v) is 3.11. The summed E-state index contributed by atoms with van der Waals surface area (Å²) in [5.41, 5.74) is 1.50. The maximum absolute atomic E-state index is 12.8. The molecule has 2 rings (SSSR count). The second-order valence-corrected chi connectivity index (χ2v) is 4.68. The number of methoxy groups -OCH3 is 2. The number of carbonyl (C=O) groups excluding carboxylic acids is 1. The van der Waals surface area contributed by atoms with Crippen LogP contribution < -0.4 is 9.47 Å². The van der Waals surface area contributed by atoms with Crippen LogP contribution in [-0.2, 0) is 16.1 Å². The summed E-state index contributed by atoms with van der Waals surface area (Å²) in [6.45, 7) is 0.0926. The molecule has 2 aromatic rings. The highest BCUT2D eigenvalue weighted by Gasteiger charge is 2.04. The van der Waals surface area contributed by atoms with Gasteiger partial charge in [-0.05, 0) is 41.5 Å². The molecule has 0 aliphatic rings. The van der Waals surface area contributed by atoms with Crippen molar-refractivity contribution in [1.82, 2.24) is 0 Å². The first-order valence-corrected chi connectivity index (χ1v) is 6.93. The quantitative estimate of drug-likeness (QED) is 0.603. The summed E-state index contributed by atoms with van der Waals surface area (Å²) in [5, 5.41) is 0. The molecule has 0 spiro atoms. The molecular weight excluding hydrogens is 299 g/mol. The van der Waals surface area contributed by atoms with Gasteiger partial charge in [0, 0.05) is 6.08 Å². The van der Waals surface area contributed by atoms with E-state index in [9.17, 15) is 9.18 Å². The van der Waals surface area contributed by atoms with E-state index in [-0.39, 0.29) is 12.4 Å². The topological polar surface area (TPSA) is 44.8 Å². The molecule has 0 aromatic heterocycles. The molecule has 2 aromatic carbocycles. The number of carbonyl (C=O) groups is 1. The molecule has 0 N–H and O–H groups in total. The molecular formula is C18H17FO4. The van der Waals surface area contributed by atoms with Gasteiger partial charge in [-0.25, -0.2) is 9.18 Å². The van der Waals surface area contributed by atoms with E-state index >= 15 is 0 Å². The van der Waals surface area contributed by atoms with E-state index < -0.39 is 5.97 Å². The molecule has 0 bridgehead atoms. The summed E-state index contributed by atoms with van der Waals surface area (Å²) in [5.74, 6) is 0.385. The zero-order valence-corrected chi connectivity index (χ0v) is 12.9. The molecule has 0 radical (unpaired) electrons. The van der Waals surface area contributed by atoms with E-state index in [1.54, 1.807) is 50.6 Å². The predicted octanol–water partition coefficient (Wildman–Crippen LogP) is 3.60. The van der Waals surface area contributed by atoms with Crippen molar-refractivity contribution in [2.75, 3.05) is 14.2 Å². The minimum absolute atomic E-state index is 0.0926. The summed E-state index contributed by atoms with van der Waals surface area (Å²) in [7, 11) is 3.10. The molecule has 0 saturated carbocycles. The maximum Gasteiger partial charge on any atom is 0.331 e. The molecule has 0 fully saturated rings. The third-order valence-electron chi connectivity index (χ3n) is 3.11. The lowest BCUT2D eigenvalue weighted by Gasteiger charge is -2.07. The highest BCUT2D eigenvalue weighted by molar-refractivity contribution is 5.87. The van der Waals surface area contributed by atoms with E-state index in [4.69, 9.17) is 14.2 Å². The Kier molecular flexibility index (Phi) is 5.74. The van der Waals surface area contributed by atoms with Crippen LogP contribution in [0.4, 0.5) is 4.39 Å². The van der Waals surface area contributed by atoms with Gasteiger partial charge in [-0.3, -0.25) is 0 Å². The monoisotopic (exact) mass is 316 g/mol. The zero-order valence-electron chi connectivity index (χ0n) is 12.9. The number of ether oxygens (including phenoxy) is 3. The van der Waals surface area contributed by atoms with Crippen molar-refractivity contribution in [3.8, 4) is 11.5 Å². The molecule has 0 heterocycles. The molecule has 23 heavy (non-hydrogen) atoms. The first-order valence-electron chi connectivity index (χ1n) is 6.93. The summed E-state index contributed by atoms with van der Waals surface area (Å²) in [6, 6.07) is 11.1. The van der Waals surface area contributed by atoms with Gasteiger partial charge >= 0.3 is 5.97 Å². The fourth-order valence-electron chi connectivity index (χ4n) is 1.90. The lowest BCUT2D eigenvalue weighted by molar-refractivity contribution is -0.138. The van der Waals surface area contributed by atoms with Gasteiger partial charge < -0.3 is 14.2 Å². The fraction of sp³-hybridized carbons (Fsp3) is 0.167. The van der Waals surface area contributed by atoms with E-state index in [0.29, 0.717) is 11.5 Å². The van der Waals surface area contributed by atoms with Crippen molar-refractivity contribution in [2.45, 2.75) is 6.61 Å². The second-order valence-electron chi connectivity index (χ2n) is 4.68. The second kappa shape index (κ2) is 7.98. The molecule has 0 unspecified atom stereocenters. The fourth-order valence-corrected chi connectivity index (χ4v) is 1.90. The number of hydrogen-bond donors (Lipinski definition) is 0. The number of rotatable bonds is 6. The smallest absolute Gasteiger partial charge is 0.331 e. The highest BCUT2D eigenvalue weighted by atomic mass is 19.1. The van der Waals surface area contributed by atoms with Gasteiger partial charge in [0.2, 0.25) is 0 Å². The Balaban J connectivity index is 1.94. The minimum Gasteiger partial charge on any atom is -0.493 e. The van der Waals surface area contributed by atoms with Crippen LogP contribution in [0.5, 0.6) is 11.5 Å². The van der Waals surface area contributed by atoms with E-state index in [2.05, 4.69) is 0 Å². The Labute approximate surface area is 134 Å². The Morgan fingerprint density at radius 3 is 2.39 bits per heavy atom. The van der Waals surface area contributed by atoms with Crippen LogP contribution in [0.15, 0.2) is 48.5 Å². The molecule has 5 heteroatoms. The van der Waals surface area contributed by atoms with Gasteiger partial charge in [0.1, 0.15) is 12.4 Å². The van der Waals surface area contributed by atoms with Crippen LogP contribution in [0, 0.1) is 5.82 Å². The summed E-state index contributed by atoms with van der Waals surface area (Å²) >= 11 is 0.